The molecule has 1 heterocycles. The maximum absolute atomic E-state index is 10.9. The van der Waals surface area contributed by atoms with Gasteiger partial charge in [-0.1, -0.05) is 13.8 Å². The minimum atomic E-state index is -0.968. The average molecular weight is 274 g/mol. The van der Waals surface area contributed by atoms with Gasteiger partial charge in [-0.05, 0) is 37.0 Å². The van der Waals surface area contributed by atoms with E-state index >= 15 is 0 Å². The predicted molar refractivity (Wildman–Crippen MR) is 76.1 cm³/mol. The Balaban J connectivity index is 2.15. The SMILES string of the molecule is CC(C)CCCOc1ncnc2cc(C(=O)O)ccc12. The van der Waals surface area contributed by atoms with Gasteiger partial charge in [-0.25, -0.2) is 14.8 Å². The van der Waals surface area contributed by atoms with Gasteiger partial charge >= 0.3 is 5.97 Å². The number of benzene rings is 1. The summed E-state index contributed by atoms with van der Waals surface area (Å²) in [7, 11) is 0. The van der Waals surface area contributed by atoms with Gasteiger partial charge in [-0.15, -0.1) is 0 Å². The number of aromatic carboxylic acids is 1. The summed E-state index contributed by atoms with van der Waals surface area (Å²) in [6.45, 7) is 4.95. The molecule has 0 unspecified atom stereocenters. The molecule has 5 nitrogen and oxygen atoms in total. The van der Waals surface area contributed by atoms with Crippen LogP contribution in [-0.4, -0.2) is 27.7 Å². The lowest BCUT2D eigenvalue weighted by molar-refractivity contribution is 0.0697. The van der Waals surface area contributed by atoms with E-state index in [1.165, 1.54) is 18.5 Å². The van der Waals surface area contributed by atoms with Crippen molar-refractivity contribution in [1.29, 1.82) is 0 Å². The Hall–Kier alpha value is -2.17. The summed E-state index contributed by atoms with van der Waals surface area (Å²) in [5.74, 6) is 0.194. The fraction of sp³-hybridized carbons (Fsp3) is 0.400. The van der Waals surface area contributed by atoms with Crippen molar-refractivity contribution in [2.45, 2.75) is 26.7 Å². The van der Waals surface area contributed by atoms with Crippen LogP contribution in [-0.2, 0) is 0 Å². The van der Waals surface area contributed by atoms with Crippen LogP contribution in [0.2, 0.25) is 0 Å². The Morgan fingerprint density at radius 1 is 1.35 bits per heavy atom. The number of carboxylic acid groups (broad SMARTS) is 1. The summed E-state index contributed by atoms with van der Waals surface area (Å²) < 4.78 is 5.67. The predicted octanol–water partition coefficient (Wildman–Crippen LogP) is 3.14. The molecular formula is C15H18N2O3. The highest BCUT2D eigenvalue weighted by Gasteiger charge is 2.09. The van der Waals surface area contributed by atoms with E-state index in [9.17, 15) is 4.79 Å². The first-order valence-electron chi connectivity index (χ1n) is 6.69. The fourth-order valence-corrected chi connectivity index (χ4v) is 1.94. The normalized spacial score (nSPS) is 10.9. The monoisotopic (exact) mass is 274 g/mol. The average Bonchev–Trinajstić information content (AvgIpc) is 2.42. The number of nitrogens with zero attached hydrogens (tertiary/aromatic N) is 2. The zero-order chi connectivity index (χ0) is 14.5. The molecule has 2 aromatic rings. The Labute approximate surface area is 117 Å². The number of hydrogen-bond acceptors (Lipinski definition) is 4. The van der Waals surface area contributed by atoms with Crippen molar-refractivity contribution < 1.29 is 14.6 Å². The molecular weight excluding hydrogens is 256 g/mol. The third-order valence-corrected chi connectivity index (χ3v) is 3.01. The van der Waals surface area contributed by atoms with Crippen LogP contribution in [0, 0.1) is 5.92 Å². The van der Waals surface area contributed by atoms with Crippen LogP contribution in [0.4, 0.5) is 0 Å². The molecule has 1 N–H and O–H groups in total. The third-order valence-electron chi connectivity index (χ3n) is 3.01. The van der Waals surface area contributed by atoms with E-state index in [1.54, 1.807) is 6.07 Å². The number of carboxylic acids is 1. The maximum Gasteiger partial charge on any atom is 0.335 e. The van der Waals surface area contributed by atoms with Gasteiger partial charge in [0, 0.05) is 0 Å². The molecule has 0 fully saturated rings. The van der Waals surface area contributed by atoms with Crippen molar-refractivity contribution in [1.82, 2.24) is 9.97 Å². The zero-order valence-corrected chi connectivity index (χ0v) is 11.7. The van der Waals surface area contributed by atoms with Crippen LogP contribution in [0.3, 0.4) is 0 Å². The third kappa shape index (κ3) is 3.44. The van der Waals surface area contributed by atoms with E-state index in [0.717, 1.165) is 18.2 Å². The molecule has 2 rings (SSSR count). The smallest absolute Gasteiger partial charge is 0.335 e. The van der Waals surface area contributed by atoms with Crippen LogP contribution in [0.15, 0.2) is 24.5 Å². The zero-order valence-electron chi connectivity index (χ0n) is 11.7. The number of ether oxygens (including phenoxy) is 1. The van der Waals surface area contributed by atoms with Crippen molar-refractivity contribution in [3.05, 3.63) is 30.1 Å². The maximum atomic E-state index is 10.9. The molecule has 20 heavy (non-hydrogen) atoms. The summed E-state index contributed by atoms with van der Waals surface area (Å²) in [6, 6.07) is 4.76. The second-order valence-electron chi connectivity index (χ2n) is 5.10. The van der Waals surface area contributed by atoms with Crippen molar-refractivity contribution in [3.63, 3.8) is 0 Å². The Bertz CT molecular complexity index is 611. The molecule has 0 amide bonds. The molecule has 0 saturated carbocycles. The van der Waals surface area contributed by atoms with Crippen LogP contribution >= 0.6 is 0 Å². The van der Waals surface area contributed by atoms with Gasteiger partial charge in [0.05, 0.1) is 23.1 Å². The van der Waals surface area contributed by atoms with E-state index in [0.29, 0.717) is 23.9 Å². The molecule has 0 radical (unpaired) electrons. The summed E-state index contributed by atoms with van der Waals surface area (Å²) in [5.41, 5.74) is 0.792. The lowest BCUT2D eigenvalue weighted by Gasteiger charge is -2.09. The highest BCUT2D eigenvalue weighted by molar-refractivity contribution is 5.94. The number of carbonyl (C=O) groups is 1. The van der Waals surface area contributed by atoms with Crippen molar-refractivity contribution >= 4 is 16.9 Å². The van der Waals surface area contributed by atoms with Gasteiger partial charge in [0.1, 0.15) is 6.33 Å². The second kappa shape index (κ2) is 6.32. The summed E-state index contributed by atoms with van der Waals surface area (Å²) in [5, 5.41) is 9.70. The minimum absolute atomic E-state index is 0.210. The molecule has 0 aliphatic heterocycles. The highest BCUT2D eigenvalue weighted by Crippen LogP contribution is 2.22. The Morgan fingerprint density at radius 3 is 2.85 bits per heavy atom. The second-order valence-corrected chi connectivity index (χ2v) is 5.10. The van der Waals surface area contributed by atoms with Gasteiger partial charge in [0.25, 0.3) is 0 Å². The van der Waals surface area contributed by atoms with Gasteiger partial charge in [-0.3, -0.25) is 0 Å². The molecule has 1 aromatic heterocycles. The Morgan fingerprint density at radius 2 is 2.15 bits per heavy atom. The lowest BCUT2D eigenvalue weighted by Crippen LogP contribution is -2.02. The largest absolute Gasteiger partial charge is 0.478 e. The fourth-order valence-electron chi connectivity index (χ4n) is 1.94. The molecule has 5 heteroatoms. The molecule has 106 valence electrons. The summed E-state index contributed by atoms with van der Waals surface area (Å²) in [6.07, 6.45) is 3.47. The van der Waals surface area contributed by atoms with Gasteiger partial charge in [0.2, 0.25) is 5.88 Å². The van der Waals surface area contributed by atoms with E-state index in [-0.39, 0.29) is 5.56 Å². The van der Waals surface area contributed by atoms with E-state index in [4.69, 9.17) is 9.84 Å². The first kappa shape index (κ1) is 14.2. The summed E-state index contributed by atoms with van der Waals surface area (Å²) >= 11 is 0. The van der Waals surface area contributed by atoms with E-state index in [1.807, 2.05) is 0 Å². The first-order chi connectivity index (χ1) is 9.58. The van der Waals surface area contributed by atoms with Crippen molar-refractivity contribution in [3.8, 4) is 5.88 Å². The van der Waals surface area contributed by atoms with E-state index in [2.05, 4.69) is 23.8 Å². The van der Waals surface area contributed by atoms with E-state index < -0.39 is 5.97 Å². The Kier molecular flexibility index (Phi) is 4.50. The highest BCUT2D eigenvalue weighted by atomic mass is 16.5. The first-order valence-corrected chi connectivity index (χ1v) is 6.69. The lowest BCUT2D eigenvalue weighted by atomic mass is 10.1. The quantitative estimate of drug-likeness (QED) is 0.819. The summed E-state index contributed by atoms with van der Waals surface area (Å²) in [4.78, 5) is 19.1. The molecule has 0 aliphatic carbocycles. The van der Waals surface area contributed by atoms with Crippen molar-refractivity contribution in [2.24, 2.45) is 5.92 Å². The number of hydrogen-bond donors (Lipinski definition) is 1. The van der Waals surface area contributed by atoms with Gasteiger partial charge < -0.3 is 9.84 Å². The van der Waals surface area contributed by atoms with Crippen molar-refractivity contribution in [2.75, 3.05) is 6.61 Å². The van der Waals surface area contributed by atoms with Crippen LogP contribution in [0.5, 0.6) is 5.88 Å². The van der Waals surface area contributed by atoms with Gasteiger partial charge in [-0.2, -0.15) is 0 Å². The number of fused-ring (bicyclic) bond motifs is 1. The molecule has 0 bridgehead atoms. The minimum Gasteiger partial charge on any atom is -0.478 e. The van der Waals surface area contributed by atoms with Crippen LogP contribution in [0.25, 0.3) is 10.9 Å². The molecule has 0 spiro atoms. The number of rotatable bonds is 6. The molecule has 1 aromatic carbocycles. The molecule has 0 aliphatic rings. The van der Waals surface area contributed by atoms with Gasteiger partial charge in [0.15, 0.2) is 0 Å². The van der Waals surface area contributed by atoms with Crippen LogP contribution < -0.4 is 4.74 Å². The molecule has 0 saturated heterocycles. The molecule has 0 atom stereocenters. The van der Waals surface area contributed by atoms with Crippen LogP contribution in [0.1, 0.15) is 37.0 Å². The topological polar surface area (TPSA) is 72.3 Å². The number of aromatic nitrogens is 2. The standard InChI is InChI=1S/C15H18N2O3/c1-10(2)4-3-7-20-14-12-6-5-11(15(18)19)8-13(12)16-9-17-14/h5-6,8-10H,3-4,7H2,1-2H3,(H,18,19).